The van der Waals surface area contributed by atoms with Gasteiger partial charge in [0.15, 0.2) is 11.5 Å². The fourth-order valence-corrected chi connectivity index (χ4v) is 1.65. The molecular weight excluding hydrogens is 222 g/mol. The van der Waals surface area contributed by atoms with Crippen molar-refractivity contribution in [2.24, 2.45) is 11.0 Å². The highest BCUT2D eigenvalue weighted by Gasteiger charge is 2.16. The fourth-order valence-electron chi connectivity index (χ4n) is 1.65. The van der Waals surface area contributed by atoms with Gasteiger partial charge >= 0.3 is 0 Å². The standard InChI is InChI=1S/C11H11N3O3/c1-7(11(15)13-14-12)4-8-2-3-9-10(5-8)17-6-16-9/h2-3,5,7H,4,6H2,1H3/t7-/m0/s1. The quantitative estimate of drug-likeness (QED) is 0.456. The molecule has 1 amide bonds. The first-order valence-corrected chi connectivity index (χ1v) is 5.18. The van der Waals surface area contributed by atoms with Crippen LogP contribution in [0.2, 0.25) is 0 Å². The van der Waals surface area contributed by atoms with Gasteiger partial charge in [-0.2, -0.15) is 0 Å². The van der Waals surface area contributed by atoms with Crippen molar-refractivity contribution in [1.29, 1.82) is 0 Å². The highest BCUT2D eigenvalue weighted by molar-refractivity contribution is 5.79. The molecule has 0 saturated carbocycles. The van der Waals surface area contributed by atoms with Gasteiger partial charge in [-0.1, -0.05) is 13.0 Å². The number of carbonyl (C=O) groups excluding carboxylic acids is 1. The number of benzene rings is 1. The van der Waals surface area contributed by atoms with E-state index in [1.54, 1.807) is 6.92 Å². The highest BCUT2D eigenvalue weighted by atomic mass is 16.7. The molecule has 0 unspecified atom stereocenters. The van der Waals surface area contributed by atoms with Crippen LogP contribution in [0.1, 0.15) is 12.5 Å². The summed E-state index contributed by atoms with van der Waals surface area (Å²) in [6, 6.07) is 5.51. The summed E-state index contributed by atoms with van der Waals surface area (Å²) < 4.78 is 10.4. The summed E-state index contributed by atoms with van der Waals surface area (Å²) in [5.41, 5.74) is 9.13. The van der Waals surface area contributed by atoms with Gasteiger partial charge < -0.3 is 9.47 Å². The number of fused-ring (bicyclic) bond motifs is 1. The molecule has 1 heterocycles. The van der Waals surface area contributed by atoms with Crippen LogP contribution in [0.5, 0.6) is 11.5 Å². The Labute approximate surface area is 97.8 Å². The van der Waals surface area contributed by atoms with E-state index < -0.39 is 5.91 Å². The third kappa shape index (κ3) is 2.49. The monoisotopic (exact) mass is 233 g/mol. The molecule has 0 radical (unpaired) electrons. The smallest absolute Gasteiger partial charge is 0.231 e. The second-order valence-corrected chi connectivity index (χ2v) is 3.82. The summed E-state index contributed by atoms with van der Waals surface area (Å²) in [5, 5.41) is 3.08. The van der Waals surface area contributed by atoms with Crippen LogP contribution >= 0.6 is 0 Å². The predicted molar refractivity (Wildman–Crippen MR) is 59.6 cm³/mol. The number of amides is 1. The van der Waals surface area contributed by atoms with Crippen LogP contribution in [-0.2, 0) is 11.2 Å². The lowest BCUT2D eigenvalue weighted by Gasteiger charge is -2.07. The molecule has 1 atom stereocenters. The zero-order valence-corrected chi connectivity index (χ0v) is 9.29. The van der Waals surface area contributed by atoms with Gasteiger partial charge in [0.25, 0.3) is 0 Å². The van der Waals surface area contributed by atoms with Crippen molar-refractivity contribution in [3.05, 3.63) is 34.2 Å². The van der Waals surface area contributed by atoms with Crippen LogP contribution in [0.4, 0.5) is 0 Å². The first-order chi connectivity index (χ1) is 8.20. The Morgan fingerprint density at radius 2 is 2.29 bits per heavy atom. The summed E-state index contributed by atoms with van der Waals surface area (Å²) in [7, 11) is 0. The van der Waals surface area contributed by atoms with Crippen LogP contribution in [0.25, 0.3) is 10.4 Å². The Kier molecular flexibility index (Phi) is 3.16. The molecule has 1 aromatic rings. The Bertz CT molecular complexity index is 495. The molecule has 17 heavy (non-hydrogen) atoms. The number of hydrogen-bond acceptors (Lipinski definition) is 3. The first-order valence-electron chi connectivity index (χ1n) is 5.18. The highest BCUT2D eigenvalue weighted by Crippen LogP contribution is 2.33. The third-order valence-electron chi connectivity index (χ3n) is 2.54. The van der Waals surface area contributed by atoms with Crippen molar-refractivity contribution < 1.29 is 14.3 Å². The predicted octanol–water partition coefficient (Wildman–Crippen LogP) is 2.43. The molecule has 0 aliphatic carbocycles. The van der Waals surface area contributed by atoms with Crippen LogP contribution < -0.4 is 9.47 Å². The minimum Gasteiger partial charge on any atom is -0.454 e. The van der Waals surface area contributed by atoms with E-state index in [0.29, 0.717) is 17.9 Å². The van der Waals surface area contributed by atoms with Gasteiger partial charge in [0, 0.05) is 10.8 Å². The van der Waals surface area contributed by atoms with Crippen molar-refractivity contribution in [2.45, 2.75) is 13.3 Å². The first kappa shape index (κ1) is 11.3. The van der Waals surface area contributed by atoms with Gasteiger partial charge in [0.05, 0.1) is 0 Å². The van der Waals surface area contributed by atoms with Crippen LogP contribution in [0.3, 0.4) is 0 Å². The minimum atomic E-state index is -0.454. The summed E-state index contributed by atoms with van der Waals surface area (Å²) in [5.74, 6) is 0.602. The van der Waals surface area contributed by atoms with Crippen molar-refractivity contribution in [2.75, 3.05) is 6.79 Å². The molecule has 6 heteroatoms. The number of rotatable bonds is 3. The van der Waals surface area contributed by atoms with Crippen molar-refractivity contribution in [3.63, 3.8) is 0 Å². The van der Waals surface area contributed by atoms with Gasteiger partial charge in [0.1, 0.15) is 0 Å². The third-order valence-corrected chi connectivity index (χ3v) is 2.54. The van der Waals surface area contributed by atoms with Crippen molar-refractivity contribution in [3.8, 4) is 11.5 Å². The van der Waals surface area contributed by atoms with Gasteiger partial charge in [-0.3, -0.25) is 4.79 Å². The van der Waals surface area contributed by atoms with E-state index in [-0.39, 0.29) is 12.7 Å². The van der Waals surface area contributed by atoms with Crippen LogP contribution in [0, 0.1) is 5.92 Å². The van der Waals surface area contributed by atoms with E-state index >= 15 is 0 Å². The number of azide groups is 1. The van der Waals surface area contributed by atoms with Gasteiger partial charge in [-0.15, -0.1) is 0 Å². The maximum atomic E-state index is 11.3. The molecule has 1 aliphatic rings. The van der Waals surface area contributed by atoms with Crippen molar-refractivity contribution in [1.82, 2.24) is 0 Å². The zero-order chi connectivity index (χ0) is 12.3. The molecule has 1 aromatic carbocycles. The average Bonchev–Trinajstić information content (AvgIpc) is 2.76. The lowest BCUT2D eigenvalue weighted by atomic mass is 10.0. The molecule has 0 aromatic heterocycles. The Balaban J connectivity index is 2.09. The average molecular weight is 233 g/mol. The summed E-state index contributed by atoms with van der Waals surface area (Å²) >= 11 is 0. The molecule has 0 bridgehead atoms. The van der Waals surface area contributed by atoms with E-state index in [1.165, 1.54) is 0 Å². The van der Waals surface area contributed by atoms with Gasteiger partial charge in [0.2, 0.25) is 12.7 Å². The molecule has 88 valence electrons. The largest absolute Gasteiger partial charge is 0.454 e. The van der Waals surface area contributed by atoms with E-state index in [9.17, 15) is 4.79 Å². The number of carbonyl (C=O) groups is 1. The molecule has 0 spiro atoms. The molecule has 0 N–H and O–H groups in total. The van der Waals surface area contributed by atoms with E-state index in [4.69, 9.17) is 15.0 Å². The molecule has 0 saturated heterocycles. The Morgan fingerprint density at radius 1 is 1.53 bits per heavy atom. The number of hydrogen-bond donors (Lipinski definition) is 0. The summed E-state index contributed by atoms with van der Waals surface area (Å²) in [6.07, 6.45) is 0.508. The number of nitrogens with zero attached hydrogens (tertiary/aromatic N) is 3. The lowest BCUT2D eigenvalue weighted by molar-refractivity contribution is -0.121. The lowest BCUT2D eigenvalue weighted by Crippen LogP contribution is -2.10. The van der Waals surface area contributed by atoms with E-state index in [2.05, 4.69) is 10.0 Å². The van der Waals surface area contributed by atoms with Crippen LogP contribution in [-0.4, -0.2) is 12.7 Å². The SMILES string of the molecule is C[C@@H](Cc1ccc2c(c1)OCO2)C(=O)N=[N+]=[N-]. The zero-order valence-electron chi connectivity index (χ0n) is 9.29. The maximum absolute atomic E-state index is 11.3. The van der Waals surface area contributed by atoms with Gasteiger partial charge in [-0.05, 0) is 34.8 Å². The maximum Gasteiger partial charge on any atom is 0.231 e. The molecule has 0 fully saturated rings. The second kappa shape index (κ2) is 4.76. The molecule has 6 nitrogen and oxygen atoms in total. The molecule has 2 rings (SSSR count). The molecular formula is C11H11N3O3. The van der Waals surface area contributed by atoms with Gasteiger partial charge in [-0.25, -0.2) is 0 Å². The van der Waals surface area contributed by atoms with Crippen LogP contribution in [0.15, 0.2) is 23.3 Å². The Morgan fingerprint density at radius 3 is 3.06 bits per heavy atom. The molecule has 1 aliphatic heterocycles. The summed E-state index contributed by atoms with van der Waals surface area (Å²) in [4.78, 5) is 13.8. The van der Waals surface area contributed by atoms with E-state index in [1.807, 2.05) is 18.2 Å². The topological polar surface area (TPSA) is 84.3 Å². The number of ether oxygens (including phenoxy) is 2. The van der Waals surface area contributed by atoms with E-state index in [0.717, 1.165) is 5.56 Å². The van der Waals surface area contributed by atoms with Crippen molar-refractivity contribution >= 4 is 5.91 Å². The normalized spacial score (nSPS) is 13.9. The second-order valence-electron chi connectivity index (χ2n) is 3.82. The minimum absolute atomic E-state index is 0.228. The Hall–Kier alpha value is -2.20. The summed E-state index contributed by atoms with van der Waals surface area (Å²) in [6.45, 7) is 1.95. The fraction of sp³-hybridized carbons (Fsp3) is 0.364.